The van der Waals surface area contributed by atoms with Crippen LogP contribution in [0, 0.1) is 0 Å². The zero-order valence-electron chi connectivity index (χ0n) is 19.7. The highest BCUT2D eigenvalue weighted by molar-refractivity contribution is 6.30. The van der Waals surface area contributed by atoms with E-state index in [1.54, 1.807) is 29.1 Å². The first-order valence-electron chi connectivity index (χ1n) is 11.6. The number of aromatic nitrogens is 2. The van der Waals surface area contributed by atoms with Crippen LogP contribution < -0.4 is 10.6 Å². The average Bonchev–Trinajstić information content (AvgIpc) is 3.32. The van der Waals surface area contributed by atoms with Gasteiger partial charge >= 0.3 is 5.97 Å². The van der Waals surface area contributed by atoms with Crippen molar-refractivity contribution in [2.24, 2.45) is 0 Å². The van der Waals surface area contributed by atoms with Gasteiger partial charge in [0.15, 0.2) is 0 Å². The predicted octanol–water partition coefficient (Wildman–Crippen LogP) is 6.11. The molecule has 4 aromatic carbocycles. The number of aromatic carboxylic acids is 1. The molecule has 0 aliphatic rings. The van der Waals surface area contributed by atoms with E-state index < -0.39 is 5.97 Å². The Morgan fingerprint density at radius 2 is 1.68 bits per heavy atom. The number of nitrogens with zero attached hydrogens (tertiary/aromatic N) is 2. The molecule has 0 saturated carbocycles. The first-order valence-corrected chi connectivity index (χ1v) is 12.0. The maximum absolute atomic E-state index is 13.3. The molecule has 8 heteroatoms. The molecule has 1 amide bonds. The van der Waals surface area contributed by atoms with Crippen molar-refractivity contribution in [1.82, 2.24) is 15.1 Å². The van der Waals surface area contributed by atoms with E-state index in [4.69, 9.17) is 16.7 Å². The van der Waals surface area contributed by atoms with Crippen molar-refractivity contribution in [2.75, 3.05) is 5.32 Å². The van der Waals surface area contributed by atoms with Gasteiger partial charge in [0.25, 0.3) is 5.91 Å². The second-order valence-electron chi connectivity index (χ2n) is 8.53. The lowest BCUT2D eigenvalue weighted by atomic mass is 10.1. The van der Waals surface area contributed by atoms with E-state index >= 15 is 0 Å². The largest absolute Gasteiger partial charge is 0.478 e. The molecule has 0 aliphatic carbocycles. The van der Waals surface area contributed by atoms with Crippen LogP contribution in [0.5, 0.6) is 0 Å². The van der Waals surface area contributed by atoms with E-state index in [1.807, 2.05) is 60.7 Å². The monoisotopic (exact) mass is 510 g/mol. The summed E-state index contributed by atoms with van der Waals surface area (Å²) in [6.07, 6.45) is 1.76. The van der Waals surface area contributed by atoms with Gasteiger partial charge in [0.2, 0.25) is 0 Å². The highest BCUT2D eigenvalue weighted by atomic mass is 35.5. The van der Waals surface area contributed by atoms with E-state index in [0.717, 1.165) is 27.9 Å². The Morgan fingerprint density at radius 3 is 2.41 bits per heavy atom. The number of para-hydroxylation sites is 1. The zero-order chi connectivity index (χ0) is 25.8. The highest BCUT2D eigenvalue weighted by Crippen LogP contribution is 2.30. The average molecular weight is 511 g/mol. The quantitative estimate of drug-likeness (QED) is 0.234. The number of amides is 1. The fourth-order valence-corrected chi connectivity index (χ4v) is 4.35. The maximum Gasteiger partial charge on any atom is 0.335 e. The van der Waals surface area contributed by atoms with E-state index in [1.165, 1.54) is 12.1 Å². The molecule has 0 bridgehead atoms. The minimum atomic E-state index is -0.991. The normalized spacial score (nSPS) is 10.8. The van der Waals surface area contributed by atoms with Crippen molar-refractivity contribution in [3.8, 4) is 0 Å². The molecule has 1 aromatic heterocycles. The van der Waals surface area contributed by atoms with Crippen molar-refractivity contribution >= 4 is 45.8 Å². The van der Waals surface area contributed by atoms with Gasteiger partial charge in [0.1, 0.15) is 0 Å². The molecule has 0 saturated heterocycles. The van der Waals surface area contributed by atoms with Crippen LogP contribution in [-0.4, -0.2) is 26.8 Å². The molecule has 0 unspecified atom stereocenters. The Kier molecular flexibility index (Phi) is 6.87. The third kappa shape index (κ3) is 5.47. The van der Waals surface area contributed by atoms with E-state index in [0.29, 0.717) is 22.6 Å². The second kappa shape index (κ2) is 10.6. The van der Waals surface area contributed by atoms with E-state index in [2.05, 4.69) is 15.7 Å². The second-order valence-corrected chi connectivity index (χ2v) is 8.97. The van der Waals surface area contributed by atoms with Crippen LogP contribution in [0.3, 0.4) is 0 Å². The molecule has 7 nitrogen and oxygen atoms in total. The van der Waals surface area contributed by atoms with Crippen molar-refractivity contribution in [1.29, 1.82) is 0 Å². The number of carbonyl (C=O) groups is 2. The summed E-state index contributed by atoms with van der Waals surface area (Å²) in [7, 11) is 0. The third-order valence-electron chi connectivity index (χ3n) is 5.97. The zero-order valence-corrected chi connectivity index (χ0v) is 20.4. The third-order valence-corrected chi connectivity index (χ3v) is 6.21. The number of halogens is 1. The number of hydrogen-bond donors (Lipinski definition) is 3. The molecule has 37 heavy (non-hydrogen) atoms. The lowest BCUT2D eigenvalue weighted by molar-refractivity contribution is 0.0696. The van der Waals surface area contributed by atoms with Crippen LogP contribution in [0.1, 0.15) is 31.8 Å². The first-order chi connectivity index (χ1) is 18.0. The smallest absolute Gasteiger partial charge is 0.335 e. The topological polar surface area (TPSA) is 96.2 Å². The molecule has 0 aliphatic heterocycles. The SMILES string of the molecule is O=C(O)c1ccc(CNC(=O)c2ccc(Nc3ccccc3)c3cnn(Cc4cccc(Cl)c4)c23)cc1. The van der Waals surface area contributed by atoms with E-state index in [-0.39, 0.29) is 18.0 Å². The summed E-state index contributed by atoms with van der Waals surface area (Å²) < 4.78 is 1.80. The molecule has 0 fully saturated rings. The molecule has 1 heterocycles. The molecule has 5 aromatic rings. The molecule has 3 N–H and O–H groups in total. The molecular weight excluding hydrogens is 488 g/mol. The molecule has 184 valence electrons. The Morgan fingerprint density at radius 1 is 0.892 bits per heavy atom. The van der Waals surface area contributed by atoms with Crippen LogP contribution in [-0.2, 0) is 13.1 Å². The Balaban J connectivity index is 1.48. The summed E-state index contributed by atoms with van der Waals surface area (Å²) in [5, 5.41) is 21.5. The van der Waals surface area contributed by atoms with Gasteiger partial charge in [-0.1, -0.05) is 54.1 Å². The Hall–Kier alpha value is -4.62. The summed E-state index contributed by atoms with van der Waals surface area (Å²) in [6.45, 7) is 0.697. The number of carboxylic acids is 1. The first kappa shape index (κ1) is 24.1. The van der Waals surface area contributed by atoms with Gasteiger partial charge in [0, 0.05) is 28.3 Å². The number of fused-ring (bicyclic) bond motifs is 1. The van der Waals surface area contributed by atoms with Crippen LogP contribution >= 0.6 is 11.6 Å². The highest BCUT2D eigenvalue weighted by Gasteiger charge is 2.18. The standard InChI is InChI=1S/C29H23ClN4O3/c30-22-6-4-5-20(15-22)18-34-27-24(28(35)31-16-19-9-11-21(12-10-19)29(36)37)13-14-26(25(27)17-32-34)33-23-7-2-1-3-8-23/h1-15,17,33H,16,18H2,(H,31,35)(H,36,37). The number of carbonyl (C=O) groups excluding carboxylic acids is 1. The summed E-state index contributed by atoms with van der Waals surface area (Å²) in [6, 6.07) is 27.4. The van der Waals surface area contributed by atoms with Crippen molar-refractivity contribution in [3.63, 3.8) is 0 Å². The van der Waals surface area contributed by atoms with Gasteiger partial charge in [-0.25, -0.2) is 4.79 Å². The minimum absolute atomic E-state index is 0.197. The summed E-state index contributed by atoms with van der Waals surface area (Å²) >= 11 is 6.19. The Labute approximate surface area is 218 Å². The molecule has 0 spiro atoms. The van der Waals surface area contributed by atoms with Gasteiger partial charge in [-0.05, 0) is 59.7 Å². The van der Waals surface area contributed by atoms with Crippen LogP contribution in [0.4, 0.5) is 11.4 Å². The number of anilines is 2. The fourth-order valence-electron chi connectivity index (χ4n) is 4.14. The van der Waals surface area contributed by atoms with Gasteiger partial charge in [-0.15, -0.1) is 0 Å². The number of benzene rings is 4. The fraction of sp³-hybridized carbons (Fsp3) is 0.0690. The number of rotatable bonds is 8. The van der Waals surface area contributed by atoms with Crippen molar-refractivity contribution in [2.45, 2.75) is 13.1 Å². The summed E-state index contributed by atoms with van der Waals surface area (Å²) in [5.41, 5.74) is 4.89. The Bertz CT molecular complexity index is 1580. The minimum Gasteiger partial charge on any atom is -0.478 e. The van der Waals surface area contributed by atoms with Crippen LogP contribution in [0.2, 0.25) is 5.02 Å². The summed E-state index contributed by atoms with van der Waals surface area (Å²) in [5.74, 6) is -1.25. The number of carboxylic acid groups (broad SMARTS) is 1. The van der Waals surface area contributed by atoms with Gasteiger partial charge in [-0.3, -0.25) is 9.48 Å². The lowest BCUT2D eigenvalue weighted by Gasteiger charge is -2.13. The lowest BCUT2D eigenvalue weighted by Crippen LogP contribution is -2.24. The van der Waals surface area contributed by atoms with Gasteiger partial charge in [-0.2, -0.15) is 5.10 Å². The number of nitrogens with one attached hydrogen (secondary N) is 2. The predicted molar refractivity (Wildman–Crippen MR) is 145 cm³/mol. The van der Waals surface area contributed by atoms with Gasteiger partial charge < -0.3 is 15.7 Å². The van der Waals surface area contributed by atoms with E-state index in [9.17, 15) is 9.59 Å². The van der Waals surface area contributed by atoms with Crippen molar-refractivity contribution in [3.05, 3.63) is 124 Å². The maximum atomic E-state index is 13.3. The summed E-state index contributed by atoms with van der Waals surface area (Å²) in [4.78, 5) is 24.4. The molecule has 0 radical (unpaired) electrons. The molecule has 0 atom stereocenters. The van der Waals surface area contributed by atoms with Crippen molar-refractivity contribution < 1.29 is 14.7 Å². The number of hydrogen-bond acceptors (Lipinski definition) is 4. The van der Waals surface area contributed by atoms with Crippen LogP contribution in [0.25, 0.3) is 10.9 Å². The van der Waals surface area contributed by atoms with Crippen LogP contribution in [0.15, 0.2) is 97.2 Å². The molecule has 5 rings (SSSR count). The van der Waals surface area contributed by atoms with Gasteiger partial charge in [0.05, 0.1) is 29.4 Å². The molecular formula is C29H23ClN4O3.